The highest BCUT2D eigenvalue weighted by Gasteiger charge is 2.20. The van der Waals surface area contributed by atoms with Gasteiger partial charge in [-0.2, -0.15) is 0 Å². The number of hydrogen-bond donors (Lipinski definition) is 1. The molecule has 0 radical (unpaired) electrons. The van der Waals surface area contributed by atoms with Crippen LogP contribution in [0.1, 0.15) is 42.7 Å². The Morgan fingerprint density at radius 1 is 1.31 bits per heavy atom. The summed E-state index contributed by atoms with van der Waals surface area (Å²) < 4.78 is 10.9. The van der Waals surface area contributed by atoms with E-state index in [-0.39, 0.29) is 12.2 Å². The summed E-state index contributed by atoms with van der Waals surface area (Å²) in [5.74, 6) is 0.841. The van der Waals surface area contributed by atoms with Crippen LogP contribution in [0.2, 0.25) is 0 Å². The van der Waals surface area contributed by atoms with Gasteiger partial charge < -0.3 is 14.4 Å². The van der Waals surface area contributed by atoms with Crippen molar-refractivity contribution in [3.63, 3.8) is 0 Å². The van der Waals surface area contributed by atoms with Crippen molar-refractivity contribution in [3.8, 4) is 0 Å². The predicted molar refractivity (Wildman–Crippen MR) is 59.0 cm³/mol. The molecule has 1 heterocycles. The molecule has 0 atom stereocenters. The summed E-state index contributed by atoms with van der Waals surface area (Å²) in [6, 6.07) is 0. The minimum atomic E-state index is -0.126. The van der Waals surface area contributed by atoms with Gasteiger partial charge in [-0.1, -0.05) is 5.16 Å². The number of ether oxygens (including phenoxy) is 1. The molecule has 4 nitrogen and oxygen atoms in total. The lowest BCUT2D eigenvalue weighted by Crippen LogP contribution is -2.24. The first-order valence-electron chi connectivity index (χ1n) is 5.88. The maximum atomic E-state index is 9.39. The van der Waals surface area contributed by atoms with Crippen molar-refractivity contribution in [2.45, 2.75) is 58.3 Å². The average Bonchev–Trinajstić information content (AvgIpc) is 2.59. The Labute approximate surface area is 95.6 Å². The third-order valence-corrected chi connectivity index (χ3v) is 3.29. The fourth-order valence-corrected chi connectivity index (χ4v) is 2.12. The molecule has 1 saturated carbocycles. The summed E-state index contributed by atoms with van der Waals surface area (Å²) in [6.07, 6.45) is 3.75. The van der Waals surface area contributed by atoms with Crippen LogP contribution < -0.4 is 0 Å². The fourth-order valence-electron chi connectivity index (χ4n) is 2.12. The smallest absolute Gasteiger partial charge is 0.139 e. The van der Waals surface area contributed by atoms with Gasteiger partial charge in [-0.3, -0.25) is 0 Å². The van der Waals surface area contributed by atoms with Crippen molar-refractivity contribution in [1.29, 1.82) is 0 Å². The maximum Gasteiger partial charge on any atom is 0.139 e. The number of rotatable bonds is 3. The molecule has 0 saturated heterocycles. The SMILES string of the molecule is Cc1noc(C)c1COC1CCC(O)CC1. The lowest BCUT2D eigenvalue weighted by molar-refractivity contribution is -0.0123. The van der Waals surface area contributed by atoms with Crippen LogP contribution in [-0.2, 0) is 11.3 Å². The summed E-state index contributed by atoms with van der Waals surface area (Å²) in [7, 11) is 0. The van der Waals surface area contributed by atoms with Gasteiger partial charge in [0.05, 0.1) is 24.5 Å². The molecule has 0 spiro atoms. The Hall–Kier alpha value is -0.870. The molecule has 4 heteroatoms. The molecule has 0 aromatic carbocycles. The zero-order valence-electron chi connectivity index (χ0n) is 9.90. The van der Waals surface area contributed by atoms with Gasteiger partial charge in [-0.25, -0.2) is 0 Å². The number of aliphatic hydroxyl groups is 1. The quantitative estimate of drug-likeness (QED) is 0.856. The van der Waals surface area contributed by atoms with Crippen LogP contribution in [0.5, 0.6) is 0 Å². The van der Waals surface area contributed by atoms with Crippen LogP contribution in [0.3, 0.4) is 0 Å². The van der Waals surface area contributed by atoms with Crippen LogP contribution in [0.25, 0.3) is 0 Å². The molecule has 0 amide bonds. The second-order valence-corrected chi connectivity index (χ2v) is 4.54. The number of aliphatic hydroxyl groups excluding tert-OH is 1. The minimum absolute atomic E-state index is 0.126. The molecule has 0 bridgehead atoms. The van der Waals surface area contributed by atoms with E-state index in [4.69, 9.17) is 9.26 Å². The Kier molecular flexibility index (Phi) is 3.61. The molecule has 90 valence electrons. The van der Waals surface area contributed by atoms with Crippen LogP contribution in [-0.4, -0.2) is 22.5 Å². The zero-order valence-corrected chi connectivity index (χ0v) is 9.90. The van der Waals surface area contributed by atoms with Crippen molar-refractivity contribution < 1.29 is 14.4 Å². The Morgan fingerprint density at radius 3 is 2.56 bits per heavy atom. The summed E-state index contributed by atoms with van der Waals surface area (Å²) in [6.45, 7) is 4.41. The average molecular weight is 225 g/mol. The van der Waals surface area contributed by atoms with Crippen molar-refractivity contribution >= 4 is 0 Å². The number of aryl methyl sites for hydroxylation is 2. The lowest BCUT2D eigenvalue weighted by Gasteiger charge is -2.25. The lowest BCUT2D eigenvalue weighted by atomic mass is 9.95. The highest BCUT2D eigenvalue weighted by Crippen LogP contribution is 2.23. The third-order valence-electron chi connectivity index (χ3n) is 3.29. The van der Waals surface area contributed by atoms with Crippen molar-refractivity contribution in [3.05, 3.63) is 17.0 Å². The molecule has 1 aliphatic rings. The maximum absolute atomic E-state index is 9.39. The Bertz CT molecular complexity index is 321. The molecule has 1 aromatic heterocycles. The summed E-state index contributed by atoms with van der Waals surface area (Å²) >= 11 is 0. The van der Waals surface area contributed by atoms with E-state index in [1.54, 1.807) is 0 Å². The molecule has 16 heavy (non-hydrogen) atoms. The first-order valence-corrected chi connectivity index (χ1v) is 5.88. The predicted octanol–water partition coefficient (Wildman–Crippen LogP) is 2.11. The monoisotopic (exact) mass is 225 g/mol. The number of hydrogen-bond acceptors (Lipinski definition) is 4. The topological polar surface area (TPSA) is 55.5 Å². The van der Waals surface area contributed by atoms with Crippen LogP contribution in [0.15, 0.2) is 4.52 Å². The highest BCUT2D eigenvalue weighted by atomic mass is 16.5. The van der Waals surface area contributed by atoms with Crippen molar-refractivity contribution in [1.82, 2.24) is 5.16 Å². The van der Waals surface area contributed by atoms with E-state index < -0.39 is 0 Å². The van der Waals surface area contributed by atoms with Gasteiger partial charge >= 0.3 is 0 Å². The van der Waals surface area contributed by atoms with Gasteiger partial charge in [-0.05, 0) is 39.5 Å². The van der Waals surface area contributed by atoms with Crippen LogP contribution in [0, 0.1) is 13.8 Å². The van der Waals surface area contributed by atoms with Gasteiger partial charge in [0.25, 0.3) is 0 Å². The molecule has 1 aliphatic carbocycles. The van der Waals surface area contributed by atoms with Gasteiger partial charge in [0.1, 0.15) is 5.76 Å². The van der Waals surface area contributed by atoms with Gasteiger partial charge in [0.2, 0.25) is 0 Å². The normalized spacial score (nSPS) is 25.9. The second-order valence-electron chi connectivity index (χ2n) is 4.54. The molecule has 2 rings (SSSR count). The minimum Gasteiger partial charge on any atom is -0.393 e. The zero-order chi connectivity index (χ0) is 11.5. The molecular formula is C12H19NO3. The van der Waals surface area contributed by atoms with Crippen LogP contribution in [0.4, 0.5) is 0 Å². The largest absolute Gasteiger partial charge is 0.393 e. The first kappa shape index (κ1) is 11.6. The van der Waals surface area contributed by atoms with Gasteiger partial charge in [0.15, 0.2) is 0 Å². The second kappa shape index (κ2) is 4.97. The van der Waals surface area contributed by atoms with E-state index in [0.29, 0.717) is 6.61 Å². The standard InChI is InChI=1S/C12H19NO3/c1-8-12(9(2)16-13-8)7-15-11-5-3-10(14)4-6-11/h10-11,14H,3-7H2,1-2H3. The van der Waals surface area contributed by atoms with Gasteiger partial charge in [0, 0.05) is 5.56 Å². The number of nitrogens with zero attached hydrogens (tertiary/aromatic N) is 1. The van der Waals surface area contributed by atoms with E-state index >= 15 is 0 Å². The van der Waals surface area contributed by atoms with E-state index in [9.17, 15) is 5.11 Å². The highest BCUT2D eigenvalue weighted by molar-refractivity contribution is 5.19. The Balaban J connectivity index is 1.83. The summed E-state index contributed by atoms with van der Waals surface area (Å²) in [4.78, 5) is 0. The molecule has 1 aromatic rings. The van der Waals surface area contributed by atoms with E-state index in [1.165, 1.54) is 0 Å². The van der Waals surface area contributed by atoms with E-state index in [2.05, 4.69) is 5.16 Å². The summed E-state index contributed by atoms with van der Waals surface area (Å²) in [5.41, 5.74) is 1.97. The van der Waals surface area contributed by atoms with E-state index in [1.807, 2.05) is 13.8 Å². The third kappa shape index (κ3) is 2.62. The van der Waals surface area contributed by atoms with Crippen molar-refractivity contribution in [2.75, 3.05) is 0 Å². The number of aromatic nitrogens is 1. The summed E-state index contributed by atoms with van der Waals surface area (Å²) in [5, 5.41) is 13.3. The van der Waals surface area contributed by atoms with E-state index in [0.717, 1.165) is 42.7 Å². The van der Waals surface area contributed by atoms with Crippen molar-refractivity contribution in [2.24, 2.45) is 0 Å². The molecular weight excluding hydrogens is 206 g/mol. The molecule has 0 aliphatic heterocycles. The molecule has 1 fully saturated rings. The molecule has 1 N–H and O–H groups in total. The molecule has 0 unspecified atom stereocenters. The van der Waals surface area contributed by atoms with Gasteiger partial charge in [-0.15, -0.1) is 0 Å². The fraction of sp³-hybridized carbons (Fsp3) is 0.750. The Morgan fingerprint density at radius 2 is 2.00 bits per heavy atom. The van der Waals surface area contributed by atoms with Crippen LogP contribution >= 0.6 is 0 Å². The first-order chi connectivity index (χ1) is 7.66.